The molecule has 0 saturated carbocycles. The Kier molecular flexibility index (Phi) is 6.59. The first-order valence-electron chi connectivity index (χ1n) is 18.4. The molecule has 2 aliphatic carbocycles. The predicted molar refractivity (Wildman–Crippen MR) is 223 cm³/mol. The highest BCUT2D eigenvalue weighted by atomic mass is 32.1. The third-order valence-electron chi connectivity index (χ3n) is 11.7. The molecule has 4 heteroatoms. The number of aromatic nitrogens is 3. The van der Waals surface area contributed by atoms with Gasteiger partial charge < -0.3 is 0 Å². The largest absolute Gasteiger partial charge is 0.278 e. The minimum Gasteiger partial charge on any atom is -0.278 e. The number of hydrogen-bond donors (Lipinski definition) is 0. The lowest BCUT2D eigenvalue weighted by atomic mass is 9.80. The van der Waals surface area contributed by atoms with E-state index in [1.807, 2.05) is 17.5 Å². The number of para-hydroxylation sites is 1. The summed E-state index contributed by atoms with van der Waals surface area (Å²) < 4.78 is 4.89. The molecule has 0 N–H and O–H groups in total. The van der Waals surface area contributed by atoms with E-state index in [-0.39, 0.29) is 11.3 Å². The van der Waals surface area contributed by atoms with Crippen LogP contribution in [0.4, 0.5) is 0 Å². The zero-order valence-electron chi connectivity index (χ0n) is 29.5. The first-order chi connectivity index (χ1) is 26.0. The van der Waals surface area contributed by atoms with Crippen molar-refractivity contribution in [1.29, 1.82) is 0 Å². The second-order valence-corrected chi connectivity index (χ2v) is 16.0. The van der Waals surface area contributed by atoms with Crippen molar-refractivity contribution in [2.45, 2.75) is 31.6 Å². The Morgan fingerprint density at radius 3 is 2.34 bits per heavy atom. The van der Waals surface area contributed by atoms with Gasteiger partial charge in [0.1, 0.15) is 0 Å². The predicted octanol–water partition coefficient (Wildman–Crippen LogP) is 13.0. The Morgan fingerprint density at radius 1 is 0.642 bits per heavy atom. The SMILES string of the molecule is CC1(C)c2ccccc2-c2ccc(C3=CC=CC(c4ccnc(-n5c6ccccc6c6cc(-c7cccc8c7sc7ccccc78)ccc65)n4)C3)cc21. The van der Waals surface area contributed by atoms with E-state index in [1.165, 1.54) is 75.5 Å². The fourth-order valence-electron chi connectivity index (χ4n) is 9.01. The third kappa shape index (κ3) is 4.58. The lowest BCUT2D eigenvalue weighted by Gasteiger charge is -2.23. The van der Waals surface area contributed by atoms with Gasteiger partial charge in [-0.1, -0.05) is 129 Å². The maximum atomic E-state index is 5.30. The van der Waals surface area contributed by atoms with E-state index in [9.17, 15) is 0 Å². The summed E-state index contributed by atoms with van der Waals surface area (Å²) in [5.74, 6) is 0.853. The number of benzene rings is 6. The monoisotopic (exact) mass is 697 g/mol. The number of rotatable bonds is 4. The maximum absolute atomic E-state index is 5.30. The van der Waals surface area contributed by atoms with E-state index in [1.54, 1.807) is 0 Å². The van der Waals surface area contributed by atoms with Crippen molar-refractivity contribution in [2.24, 2.45) is 0 Å². The molecule has 11 rings (SSSR count). The molecule has 1 atom stereocenters. The van der Waals surface area contributed by atoms with Gasteiger partial charge in [-0.15, -0.1) is 11.3 Å². The minimum absolute atomic E-state index is 0.0248. The zero-order valence-corrected chi connectivity index (χ0v) is 30.4. The summed E-state index contributed by atoms with van der Waals surface area (Å²) in [6, 6.07) is 48.9. The molecule has 252 valence electrons. The quantitative estimate of drug-likeness (QED) is 0.183. The molecule has 0 bridgehead atoms. The van der Waals surface area contributed by atoms with Gasteiger partial charge in [-0.2, -0.15) is 0 Å². The highest BCUT2D eigenvalue weighted by Gasteiger charge is 2.35. The molecule has 0 spiro atoms. The van der Waals surface area contributed by atoms with Crippen molar-refractivity contribution >= 4 is 58.9 Å². The van der Waals surface area contributed by atoms with Crippen LogP contribution in [0.3, 0.4) is 0 Å². The summed E-state index contributed by atoms with van der Waals surface area (Å²) in [4.78, 5) is 10.2. The van der Waals surface area contributed by atoms with Crippen LogP contribution >= 0.6 is 11.3 Å². The fourth-order valence-corrected chi connectivity index (χ4v) is 10.2. The Balaban J connectivity index is 0.963. The van der Waals surface area contributed by atoms with Crippen molar-refractivity contribution in [1.82, 2.24) is 14.5 Å². The normalized spacial score (nSPS) is 16.0. The van der Waals surface area contributed by atoms with Gasteiger partial charge in [0.05, 0.1) is 16.7 Å². The lowest BCUT2D eigenvalue weighted by Crippen LogP contribution is -2.15. The van der Waals surface area contributed by atoms with Gasteiger partial charge in [-0.3, -0.25) is 4.57 Å². The van der Waals surface area contributed by atoms with E-state index >= 15 is 0 Å². The van der Waals surface area contributed by atoms with Gasteiger partial charge in [0.15, 0.2) is 0 Å². The van der Waals surface area contributed by atoms with E-state index in [2.05, 4.69) is 170 Å². The number of allylic oxidation sites excluding steroid dienone is 4. The van der Waals surface area contributed by atoms with Gasteiger partial charge in [-0.05, 0) is 87.3 Å². The Labute approximate surface area is 312 Å². The Hall–Kier alpha value is -6.10. The molecule has 53 heavy (non-hydrogen) atoms. The van der Waals surface area contributed by atoms with Gasteiger partial charge in [0, 0.05) is 48.5 Å². The Morgan fingerprint density at radius 2 is 1.40 bits per heavy atom. The lowest BCUT2D eigenvalue weighted by molar-refractivity contribution is 0.660. The van der Waals surface area contributed by atoms with Gasteiger partial charge in [-0.25, -0.2) is 9.97 Å². The van der Waals surface area contributed by atoms with Gasteiger partial charge in [0.25, 0.3) is 0 Å². The zero-order chi connectivity index (χ0) is 35.3. The maximum Gasteiger partial charge on any atom is 0.234 e. The highest BCUT2D eigenvalue weighted by molar-refractivity contribution is 7.26. The molecule has 6 aromatic carbocycles. The molecule has 3 nitrogen and oxygen atoms in total. The topological polar surface area (TPSA) is 30.7 Å². The summed E-state index contributed by atoms with van der Waals surface area (Å²) in [6.07, 6.45) is 9.58. The van der Waals surface area contributed by atoms with Crippen molar-refractivity contribution < 1.29 is 0 Å². The molecule has 3 heterocycles. The summed E-state index contributed by atoms with van der Waals surface area (Å²) in [5, 5.41) is 5.04. The first-order valence-corrected chi connectivity index (χ1v) is 19.2. The van der Waals surface area contributed by atoms with Crippen molar-refractivity contribution in [3.63, 3.8) is 0 Å². The Bertz CT molecular complexity index is 3030. The fraction of sp³-hybridized carbons (Fsp3) is 0.102. The van der Waals surface area contributed by atoms with Crippen LogP contribution in [0, 0.1) is 0 Å². The number of fused-ring (bicyclic) bond motifs is 9. The average Bonchev–Trinajstić information content (AvgIpc) is 3.83. The van der Waals surface area contributed by atoms with Crippen LogP contribution in [-0.4, -0.2) is 14.5 Å². The highest BCUT2D eigenvalue weighted by Crippen LogP contribution is 2.50. The first kappa shape index (κ1) is 30.5. The third-order valence-corrected chi connectivity index (χ3v) is 12.9. The molecule has 0 aliphatic heterocycles. The van der Waals surface area contributed by atoms with E-state index in [0.29, 0.717) is 5.95 Å². The van der Waals surface area contributed by atoms with Crippen LogP contribution in [0.1, 0.15) is 48.6 Å². The van der Waals surface area contributed by atoms with Gasteiger partial charge >= 0.3 is 0 Å². The average molecular weight is 698 g/mol. The van der Waals surface area contributed by atoms with Crippen molar-refractivity contribution in [2.75, 3.05) is 0 Å². The number of nitrogens with zero attached hydrogens (tertiary/aromatic N) is 3. The van der Waals surface area contributed by atoms with E-state index < -0.39 is 0 Å². The van der Waals surface area contributed by atoms with Crippen LogP contribution in [0.5, 0.6) is 0 Å². The van der Waals surface area contributed by atoms with Crippen molar-refractivity contribution in [3.05, 3.63) is 180 Å². The second-order valence-electron chi connectivity index (χ2n) is 15.0. The van der Waals surface area contributed by atoms with Crippen LogP contribution in [0.25, 0.3) is 75.8 Å². The van der Waals surface area contributed by atoms with Crippen LogP contribution < -0.4 is 0 Å². The van der Waals surface area contributed by atoms with E-state index in [4.69, 9.17) is 9.97 Å². The number of hydrogen-bond acceptors (Lipinski definition) is 3. The molecule has 2 aliphatic rings. The molecule has 0 saturated heterocycles. The summed E-state index contributed by atoms with van der Waals surface area (Å²) in [7, 11) is 0. The number of thiophene rings is 1. The van der Waals surface area contributed by atoms with Gasteiger partial charge in [0.2, 0.25) is 5.95 Å². The molecular weight excluding hydrogens is 663 g/mol. The molecule has 3 aromatic heterocycles. The van der Waals surface area contributed by atoms with Crippen LogP contribution in [0.2, 0.25) is 0 Å². The van der Waals surface area contributed by atoms with E-state index in [0.717, 1.165) is 23.1 Å². The van der Waals surface area contributed by atoms with Crippen LogP contribution in [0.15, 0.2) is 158 Å². The van der Waals surface area contributed by atoms with Crippen LogP contribution in [-0.2, 0) is 5.41 Å². The smallest absolute Gasteiger partial charge is 0.234 e. The molecule has 0 amide bonds. The second kappa shape index (κ2) is 11.4. The van der Waals surface area contributed by atoms with Crippen molar-refractivity contribution in [3.8, 4) is 28.2 Å². The molecule has 1 unspecified atom stereocenters. The minimum atomic E-state index is -0.0248. The molecule has 0 fully saturated rings. The summed E-state index contributed by atoms with van der Waals surface area (Å²) in [6.45, 7) is 4.70. The molecule has 9 aromatic rings. The molecular formula is C49H35N3S. The molecule has 0 radical (unpaired) electrons. The summed E-state index contributed by atoms with van der Waals surface area (Å²) in [5.41, 5.74) is 13.9. The summed E-state index contributed by atoms with van der Waals surface area (Å²) >= 11 is 1.88. The standard InChI is InChI=1S/C49H35N3S/c1-49(2)41-18-6-3-13-35(41)36-23-21-31(29-42(36)49)30-11-9-12-33(27-30)43-25-26-50-48(51-43)52-44-19-7-4-14-37(44)40-28-32(22-24-45(40)52)34-16-10-17-39-38-15-5-8-20-46(38)53-47(34)39/h3-26,28-29,33H,27H2,1-2H3.